The highest BCUT2D eigenvalue weighted by Crippen LogP contribution is 2.13. The van der Waals surface area contributed by atoms with E-state index in [4.69, 9.17) is 0 Å². The second-order valence-electron chi connectivity index (χ2n) is 5.22. The molecule has 7 heteroatoms. The summed E-state index contributed by atoms with van der Waals surface area (Å²) >= 11 is 0. The highest BCUT2D eigenvalue weighted by Gasteiger charge is 2.25. The lowest BCUT2D eigenvalue weighted by Gasteiger charge is -2.26. The smallest absolute Gasteiger partial charge is 0.331 e. The molecule has 1 heterocycles. The summed E-state index contributed by atoms with van der Waals surface area (Å²) in [5.41, 5.74) is 0.456. The average Bonchev–Trinajstić information content (AvgIpc) is 2.87. The zero-order chi connectivity index (χ0) is 16.0. The third-order valence-corrected chi connectivity index (χ3v) is 3.47. The van der Waals surface area contributed by atoms with Crippen molar-refractivity contribution < 1.29 is 14.7 Å². The molecule has 1 aromatic heterocycles. The molecule has 0 fully saturated rings. The third kappa shape index (κ3) is 4.77. The van der Waals surface area contributed by atoms with Crippen molar-refractivity contribution in [2.45, 2.75) is 33.2 Å². The normalized spacial score (nSPS) is 13.5. The van der Waals surface area contributed by atoms with Gasteiger partial charge in [-0.1, -0.05) is 20.3 Å². The number of carboxylic acids is 1. The number of carbonyl (C=O) groups excluding carboxylic acids is 1. The lowest BCUT2D eigenvalue weighted by atomic mass is 10.1. The van der Waals surface area contributed by atoms with Crippen molar-refractivity contribution in [3.05, 3.63) is 18.0 Å². The summed E-state index contributed by atoms with van der Waals surface area (Å²) < 4.78 is 1.51. The average molecular weight is 296 g/mol. The molecule has 0 aromatic carbocycles. The predicted molar refractivity (Wildman–Crippen MR) is 78.8 cm³/mol. The van der Waals surface area contributed by atoms with Gasteiger partial charge >= 0.3 is 12.0 Å². The third-order valence-electron chi connectivity index (χ3n) is 3.47. The number of nitrogens with one attached hydrogen (secondary N) is 1. The second kappa shape index (κ2) is 7.66. The molecule has 0 aliphatic carbocycles. The van der Waals surface area contributed by atoms with Gasteiger partial charge < -0.3 is 15.3 Å². The number of aryl methyl sites for hydroxylation is 1. The number of aromatic nitrogens is 2. The van der Waals surface area contributed by atoms with E-state index in [1.54, 1.807) is 18.1 Å². The maximum Gasteiger partial charge on any atom is 0.331 e. The zero-order valence-corrected chi connectivity index (χ0v) is 13.0. The van der Waals surface area contributed by atoms with Gasteiger partial charge in [-0.05, 0) is 12.8 Å². The van der Waals surface area contributed by atoms with Crippen LogP contribution in [0.4, 0.5) is 4.79 Å². The first-order valence-electron chi connectivity index (χ1n) is 7.15. The van der Waals surface area contributed by atoms with E-state index in [1.807, 2.05) is 6.92 Å². The Bertz CT molecular complexity index is 486. The summed E-state index contributed by atoms with van der Waals surface area (Å²) in [5.74, 6) is -0.728. The Kier molecular flexibility index (Phi) is 6.20. The lowest BCUT2D eigenvalue weighted by molar-refractivity contribution is -0.139. The van der Waals surface area contributed by atoms with Crippen LogP contribution in [0.5, 0.6) is 0 Å². The standard InChI is InChI=1S/C14H24N4O3/c1-5-10(3)8-18(6-2)14(21)16-12(13(19)20)11-7-15-17(4)9-11/h7,9-10,12H,5-6,8H2,1-4H3,(H,16,21)(H,19,20). The number of nitrogens with zero attached hydrogens (tertiary/aromatic N) is 3. The molecule has 21 heavy (non-hydrogen) atoms. The molecule has 0 radical (unpaired) electrons. The Morgan fingerprint density at radius 1 is 1.48 bits per heavy atom. The zero-order valence-electron chi connectivity index (χ0n) is 13.0. The fourth-order valence-corrected chi connectivity index (χ4v) is 1.95. The minimum Gasteiger partial charge on any atom is -0.479 e. The van der Waals surface area contributed by atoms with Gasteiger partial charge in [0, 0.05) is 31.9 Å². The van der Waals surface area contributed by atoms with Gasteiger partial charge in [0.2, 0.25) is 0 Å². The van der Waals surface area contributed by atoms with Crippen LogP contribution in [0, 0.1) is 5.92 Å². The molecule has 118 valence electrons. The van der Waals surface area contributed by atoms with Gasteiger partial charge in [-0.2, -0.15) is 5.10 Å². The molecule has 0 bridgehead atoms. The van der Waals surface area contributed by atoms with Gasteiger partial charge in [-0.15, -0.1) is 0 Å². The van der Waals surface area contributed by atoms with Crippen LogP contribution in [0.1, 0.15) is 38.8 Å². The number of urea groups is 1. The van der Waals surface area contributed by atoms with E-state index in [0.29, 0.717) is 24.6 Å². The van der Waals surface area contributed by atoms with Crippen LogP contribution in [0.15, 0.2) is 12.4 Å². The topological polar surface area (TPSA) is 87.5 Å². The number of aliphatic carboxylic acids is 1. The maximum absolute atomic E-state index is 12.2. The van der Waals surface area contributed by atoms with Gasteiger partial charge in [0.05, 0.1) is 6.20 Å². The van der Waals surface area contributed by atoms with Crippen LogP contribution in [-0.2, 0) is 11.8 Å². The Morgan fingerprint density at radius 3 is 2.57 bits per heavy atom. The van der Waals surface area contributed by atoms with E-state index in [2.05, 4.69) is 24.3 Å². The summed E-state index contributed by atoms with van der Waals surface area (Å²) in [6.45, 7) is 7.15. The van der Waals surface area contributed by atoms with Crippen LogP contribution in [0.2, 0.25) is 0 Å². The Hall–Kier alpha value is -2.05. The molecule has 0 spiro atoms. The highest BCUT2D eigenvalue weighted by atomic mass is 16.4. The van der Waals surface area contributed by atoms with Crippen molar-refractivity contribution in [3.8, 4) is 0 Å². The van der Waals surface area contributed by atoms with Crippen molar-refractivity contribution in [2.24, 2.45) is 13.0 Å². The summed E-state index contributed by atoms with van der Waals surface area (Å²) in [7, 11) is 1.70. The molecule has 0 aliphatic heterocycles. The molecular formula is C14H24N4O3. The SMILES string of the molecule is CCC(C)CN(CC)C(=O)NC(C(=O)O)c1cnn(C)c1. The number of carbonyl (C=O) groups is 2. The van der Waals surface area contributed by atoms with Crippen LogP contribution in [0.25, 0.3) is 0 Å². The fourth-order valence-electron chi connectivity index (χ4n) is 1.95. The number of hydrogen-bond donors (Lipinski definition) is 2. The lowest BCUT2D eigenvalue weighted by Crippen LogP contribution is -2.45. The first kappa shape index (κ1) is 17.0. The van der Waals surface area contributed by atoms with Gasteiger partial charge in [-0.25, -0.2) is 9.59 Å². The Balaban J connectivity index is 2.78. The van der Waals surface area contributed by atoms with Crippen LogP contribution in [0.3, 0.4) is 0 Å². The molecule has 0 saturated carbocycles. The van der Waals surface area contributed by atoms with E-state index >= 15 is 0 Å². The minimum absolute atomic E-state index is 0.367. The predicted octanol–water partition coefficient (Wildman–Crippen LogP) is 1.62. The quantitative estimate of drug-likeness (QED) is 0.800. The molecule has 2 unspecified atom stereocenters. The Morgan fingerprint density at radius 2 is 2.14 bits per heavy atom. The van der Waals surface area contributed by atoms with Crippen molar-refractivity contribution in [1.82, 2.24) is 20.0 Å². The van der Waals surface area contributed by atoms with Crippen molar-refractivity contribution in [2.75, 3.05) is 13.1 Å². The summed E-state index contributed by atoms with van der Waals surface area (Å²) in [6, 6.07) is -1.45. The van der Waals surface area contributed by atoms with E-state index < -0.39 is 12.0 Å². The summed E-state index contributed by atoms with van der Waals surface area (Å²) in [5, 5.41) is 15.8. The van der Waals surface area contributed by atoms with Crippen LogP contribution < -0.4 is 5.32 Å². The largest absolute Gasteiger partial charge is 0.479 e. The van der Waals surface area contributed by atoms with Gasteiger partial charge in [0.25, 0.3) is 0 Å². The fraction of sp³-hybridized carbons (Fsp3) is 0.643. The van der Waals surface area contributed by atoms with Gasteiger partial charge in [-0.3, -0.25) is 4.68 Å². The number of rotatable bonds is 7. The molecule has 2 amide bonds. The first-order chi connectivity index (χ1) is 9.88. The first-order valence-corrected chi connectivity index (χ1v) is 7.15. The number of hydrogen-bond acceptors (Lipinski definition) is 3. The van der Waals surface area contributed by atoms with Gasteiger partial charge in [0.15, 0.2) is 6.04 Å². The van der Waals surface area contributed by atoms with E-state index in [1.165, 1.54) is 10.9 Å². The second-order valence-corrected chi connectivity index (χ2v) is 5.22. The van der Waals surface area contributed by atoms with E-state index in [-0.39, 0.29) is 6.03 Å². The summed E-state index contributed by atoms with van der Waals surface area (Å²) in [4.78, 5) is 25.2. The van der Waals surface area contributed by atoms with E-state index in [9.17, 15) is 14.7 Å². The van der Waals surface area contributed by atoms with Crippen molar-refractivity contribution in [1.29, 1.82) is 0 Å². The molecule has 2 N–H and O–H groups in total. The Labute approximate surface area is 124 Å². The van der Waals surface area contributed by atoms with Crippen molar-refractivity contribution >= 4 is 12.0 Å². The molecule has 1 rings (SSSR count). The number of amides is 2. The van der Waals surface area contributed by atoms with Crippen molar-refractivity contribution in [3.63, 3.8) is 0 Å². The monoisotopic (exact) mass is 296 g/mol. The molecular weight excluding hydrogens is 272 g/mol. The highest BCUT2D eigenvalue weighted by molar-refractivity contribution is 5.83. The number of carboxylic acid groups (broad SMARTS) is 1. The van der Waals surface area contributed by atoms with E-state index in [0.717, 1.165) is 6.42 Å². The van der Waals surface area contributed by atoms with Gasteiger partial charge in [0.1, 0.15) is 0 Å². The summed E-state index contributed by atoms with van der Waals surface area (Å²) in [6.07, 6.45) is 4.00. The molecule has 7 nitrogen and oxygen atoms in total. The molecule has 0 saturated heterocycles. The maximum atomic E-state index is 12.2. The molecule has 0 aliphatic rings. The van der Waals surface area contributed by atoms with Crippen LogP contribution >= 0.6 is 0 Å². The van der Waals surface area contributed by atoms with Crippen LogP contribution in [-0.4, -0.2) is 44.9 Å². The minimum atomic E-state index is -1.10. The molecule has 2 atom stereocenters. The molecule has 1 aromatic rings.